The van der Waals surface area contributed by atoms with E-state index < -0.39 is 26.9 Å². The number of carbonyl (C=O) groups is 2. The first kappa shape index (κ1) is 32.1. The van der Waals surface area contributed by atoms with Gasteiger partial charge in [0, 0.05) is 58.7 Å². The number of ether oxygens (including phenoxy) is 2. The van der Waals surface area contributed by atoms with Gasteiger partial charge in [-0.15, -0.1) is 0 Å². The van der Waals surface area contributed by atoms with Crippen LogP contribution >= 0.6 is 0 Å². The molecule has 1 aliphatic heterocycles. The second kappa shape index (κ2) is 13.2. The van der Waals surface area contributed by atoms with Gasteiger partial charge in [-0.3, -0.25) is 9.69 Å². The third-order valence-corrected chi connectivity index (χ3v) is 9.76. The van der Waals surface area contributed by atoms with E-state index in [0.717, 1.165) is 22.8 Å². The summed E-state index contributed by atoms with van der Waals surface area (Å²) in [5.41, 5.74) is 2.04. The maximum Gasteiger partial charge on any atom is 0.407 e. The van der Waals surface area contributed by atoms with E-state index in [4.69, 9.17) is 9.47 Å². The number of hydrogen-bond donors (Lipinski definition) is 1. The first-order valence-electron chi connectivity index (χ1n) is 14.4. The second-order valence-corrected chi connectivity index (χ2v) is 18.1. The molecule has 2 aromatic rings. The minimum atomic E-state index is -4.58. The van der Waals surface area contributed by atoms with Crippen molar-refractivity contribution in [3.8, 4) is 0 Å². The van der Waals surface area contributed by atoms with Gasteiger partial charge in [-0.1, -0.05) is 19.6 Å². The molecule has 3 heterocycles. The highest BCUT2D eigenvalue weighted by Gasteiger charge is 2.38. The second-order valence-electron chi connectivity index (χ2n) is 12.5. The molecule has 0 radical (unpaired) electrons. The number of methoxy groups -OCH3 is 1. The number of carbonyl (C=O) groups excluding carboxylic acids is 1. The molecule has 0 aromatic carbocycles. The normalized spacial score (nSPS) is 19.8. The highest BCUT2D eigenvalue weighted by atomic mass is 28.3. The summed E-state index contributed by atoms with van der Waals surface area (Å²) < 4.78 is 51.9. The number of nitrogens with zero attached hydrogens (tertiary/aromatic N) is 5. The Hall–Kier alpha value is -2.84. The predicted octanol–water partition coefficient (Wildman–Crippen LogP) is 5.32. The summed E-state index contributed by atoms with van der Waals surface area (Å²) in [6.45, 7) is 7.47. The molecule has 10 nitrogen and oxygen atoms in total. The quantitative estimate of drug-likeness (QED) is 0.256. The van der Waals surface area contributed by atoms with E-state index in [1.54, 1.807) is 18.2 Å². The zero-order valence-corrected chi connectivity index (χ0v) is 25.8. The maximum absolute atomic E-state index is 13.5. The molecule has 234 valence electrons. The van der Waals surface area contributed by atoms with Crippen molar-refractivity contribution < 1.29 is 37.3 Å². The van der Waals surface area contributed by atoms with Crippen molar-refractivity contribution in [3.05, 3.63) is 24.0 Å². The number of carboxylic acid groups (broad SMARTS) is 1. The Morgan fingerprint density at radius 2 is 1.90 bits per heavy atom. The van der Waals surface area contributed by atoms with Crippen molar-refractivity contribution in [2.24, 2.45) is 5.92 Å². The molecular formula is C28H42F3N5O5Si. The van der Waals surface area contributed by atoms with Crippen LogP contribution in [-0.2, 0) is 16.2 Å². The molecule has 0 unspecified atom stereocenters. The summed E-state index contributed by atoms with van der Waals surface area (Å²) >= 11 is 0. The summed E-state index contributed by atoms with van der Waals surface area (Å²) in [6, 6.07) is 3.04. The molecule has 1 N–H and O–H groups in total. The Labute approximate surface area is 245 Å². The molecule has 42 heavy (non-hydrogen) atoms. The minimum absolute atomic E-state index is 0.0287. The number of hydrogen-bond acceptors (Lipinski definition) is 6. The number of halogens is 3. The van der Waals surface area contributed by atoms with E-state index in [2.05, 4.69) is 29.5 Å². The molecule has 1 aliphatic carbocycles. The standard InChI is InChI=1S/C28H42F3N5O5Si/c1-40-12-11-33-18-36(21-7-5-20(6-8-21)16-35(27(38)39)17-28(29,30)31)24-22-9-10-34(19-41-13-14-42(2,3)4)25(22)32-15-23(24)26(33)37/h9-10,15,20-21H,5-8,11-14,16-19H2,1-4H3,(H,38,39)/t20-,21-. The van der Waals surface area contributed by atoms with E-state index >= 15 is 0 Å². The largest absolute Gasteiger partial charge is 0.465 e. The lowest BCUT2D eigenvalue weighted by Gasteiger charge is -2.45. The van der Waals surface area contributed by atoms with Crippen LogP contribution in [-0.4, -0.2) is 103 Å². The molecule has 2 aromatic heterocycles. The monoisotopic (exact) mass is 613 g/mol. The number of fused-ring (bicyclic) bond motifs is 3. The molecule has 0 saturated heterocycles. The Bertz CT molecular complexity index is 1240. The van der Waals surface area contributed by atoms with Crippen molar-refractivity contribution >= 4 is 36.8 Å². The van der Waals surface area contributed by atoms with E-state index in [0.29, 0.717) is 69.3 Å². The Morgan fingerprint density at radius 3 is 2.52 bits per heavy atom. The average molecular weight is 614 g/mol. The SMILES string of the molecule is COCCN1CN([C@H]2CC[C@H](CN(CC(F)(F)F)C(=O)O)CC2)c2c(cnc3c2ccn3COCC[Si](C)(C)C)C1=O. The van der Waals surface area contributed by atoms with Gasteiger partial charge < -0.3 is 28.9 Å². The number of pyridine rings is 1. The number of amides is 2. The van der Waals surface area contributed by atoms with E-state index in [9.17, 15) is 27.9 Å². The zero-order chi connectivity index (χ0) is 30.7. The van der Waals surface area contributed by atoms with Gasteiger partial charge in [0.15, 0.2) is 0 Å². The molecule has 2 aliphatic rings. The van der Waals surface area contributed by atoms with Crippen LogP contribution in [0.2, 0.25) is 25.7 Å². The average Bonchev–Trinajstić information content (AvgIpc) is 3.33. The number of alkyl halides is 3. The predicted molar refractivity (Wildman–Crippen MR) is 155 cm³/mol. The van der Waals surface area contributed by atoms with E-state index in [1.165, 1.54) is 0 Å². The highest BCUT2D eigenvalue weighted by Crippen LogP contribution is 2.39. The third-order valence-electron chi connectivity index (χ3n) is 8.06. The lowest BCUT2D eigenvalue weighted by Crippen LogP contribution is -2.52. The molecule has 1 fully saturated rings. The third kappa shape index (κ3) is 7.95. The lowest BCUT2D eigenvalue weighted by atomic mass is 9.84. The first-order valence-corrected chi connectivity index (χ1v) is 18.1. The van der Waals surface area contributed by atoms with Gasteiger partial charge in [-0.05, 0) is 43.7 Å². The molecule has 14 heteroatoms. The van der Waals surface area contributed by atoms with Crippen molar-refractivity contribution in [1.82, 2.24) is 19.4 Å². The minimum Gasteiger partial charge on any atom is -0.465 e. The molecule has 2 amide bonds. The smallest absolute Gasteiger partial charge is 0.407 e. The number of rotatable bonds is 12. The fourth-order valence-corrected chi connectivity index (χ4v) is 6.53. The van der Waals surface area contributed by atoms with Gasteiger partial charge in [0.1, 0.15) is 18.9 Å². The van der Waals surface area contributed by atoms with Gasteiger partial charge in [0.2, 0.25) is 0 Å². The summed E-state index contributed by atoms with van der Waals surface area (Å²) in [5, 5.41) is 10.2. The molecule has 0 atom stereocenters. The summed E-state index contributed by atoms with van der Waals surface area (Å²) in [7, 11) is 0.359. The topological polar surface area (TPSA) is 100 Å². The van der Waals surface area contributed by atoms with Crippen LogP contribution in [0.5, 0.6) is 0 Å². The Morgan fingerprint density at radius 1 is 1.19 bits per heavy atom. The first-order chi connectivity index (χ1) is 19.8. The van der Waals surface area contributed by atoms with Crippen molar-refractivity contribution in [2.75, 3.05) is 51.5 Å². The number of anilines is 1. The molecule has 4 rings (SSSR count). The van der Waals surface area contributed by atoms with Crippen LogP contribution in [0.4, 0.5) is 23.7 Å². The molecule has 0 bridgehead atoms. The summed E-state index contributed by atoms with van der Waals surface area (Å²) in [4.78, 5) is 34.0. The lowest BCUT2D eigenvalue weighted by molar-refractivity contribution is -0.143. The van der Waals surface area contributed by atoms with Crippen molar-refractivity contribution in [2.45, 2.75) is 70.3 Å². The fourth-order valence-electron chi connectivity index (χ4n) is 5.77. The highest BCUT2D eigenvalue weighted by molar-refractivity contribution is 6.76. The van der Waals surface area contributed by atoms with Crippen LogP contribution in [0.25, 0.3) is 11.0 Å². The van der Waals surface area contributed by atoms with Gasteiger partial charge in [-0.25, -0.2) is 9.78 Å². The van der Waals surface area contributed by atoms with E-state index in [-0.39, 0.29) is 24.4 Å². The fraction of sp³-hybridized carbons (Fsp3) is 0.679. The van der Waals surface area contributed by atoms with E-state index in [1.807, 2.05) is 16.8 Å². The van der Waals surface area contributed by atoms with Crippen LogP contribution in [0.3, 0.4) is 0 Å². The van der Waals surface area contributed by atoms with Gasteiger partial charge in [0.25, 0.3) is 5.91 Å². The van der Waals surface area contributed by atoms with Gasteiger partial charge >= 0.3 is 12.3 Å². The Balaban J connectivity index is 1.54. The maximum atomic E-state index is 13.5. The summed E-state index contributed by atoms with van der Waals surface area (Å²) in [6.07, 6.45) is -0.0894. The van der Waals surface area contributed by atoms with Crippen molar-refractivity contribution in [3.63, 3.8) is 0 Å². The molecule has 1 saturated carbocycles. The van der Waals surface area contributed by atoms with Gasteiger partial charge in [-0.2, -0.15) is 13.2 Å². The van der Waals surface area contributed by atoms with Gasteiger partial charge in [0.05, 0.1) is 24.5 Å². The molecular weight excluding hydrogens is 571 g/mol. The van der Waals surface area contributed by atoms with Crippen LogP contribution in [0.1, 0.15) is 36.0 Å². The van der Waals surface area contributed by atoms with Crippen LogP contribution < -0.4 is 4.90 Å². The van der Waals surface area contributed by atoms with Crippen LogP contribution in [0, 0.1) is 5.92 Å². The van der Waals surface area contributed by atoms with Crippen molar-refractivity contribution in [1.29, 1.82) is 0 Å². The van der Waals surface area contributed by atoms with Crippen LogP contribution in [0.15, 0.2) is 18.5 Å². The summed E-state index contributed by atoms with van der Waals surface area (Å²) in [5.74, 6) is -0.285. The number of aromatic nitrogens is 2. The Kier molecular flexibility index (Phi) is 10.1. The molecule has 0 spiro atoms. The zero-order valence-electron chi connectivity index (χ0n) is 24.8.